The summed E-state index contributed by atoms with van der Waals surface area (Å²) in [5.41, 5.74) is 11.8. The summed E-state index contributed by atoms with van der Waals surface area (Å²) in [5, 5.41) is 12.9. The zero-order valence-electron chi connectivity index (χ0n) is 28.0. The smallest absolute Gasteiger partial charge is 0.418 e. The van der Waals surface area contributed by atoms with Crippen LogP contribution in [0.2, 0.25) is 5.02 Å². The largest absolute Gasteiger partial charge is 0.480 e. The lowest BCUT2D eigenvalue weighted by molar-refractivity contribution is -0.148. The third kappa shape index (κ3) is 9.32. The molecule has 11 nitrogen and oxygen atoms in total. The summed E-state index contributed by atoms with van der Waals surface area (Å²) in [6.07, 6.45) is -1.79. The minimum absolute atomic E-state index is 0.0216. The Bertz CT molecular complexity index is 1510. The molecule has 0 saturated carbocycles. The summed E-state index contributed by atoms with van der Waals surface area (Å²) >= 11 is 6.09. The number of amides is 2. The molecular formula is C35H46ClF3N6O5. The topological polar surface area (TPSA) is 154 Å². The number of halogens is 4. The van der Waals surface area contributed by atoms with Crippen molar-refractivity contribution in [3.05, 3.63) is 58.1 Å². The van der Waals surface area contributed by atoms with Gasteiger partial charge in [-0.3, -0.25) is 14.5 Å². The van der Waals surface area contributed by atoms with Crippen LogP contribution in [-0.4, -0.2) is 101 Å². The number of hydrogen-bond acceptors (Lipinski definition) is 8. The number of nitrogens with two attached hydrogens (primary N) is 2. The summed E-state index contributed by atoms with van der Waals surface area (Å²) in [5.74, 6) is -1.38. The SMILES string of the molecule is Nc1ccccc1CCNC1CCN(C(=O)O[C@H](Cc2cc(Cl)c(N)c(C(F)(F)F)c2)C(=O)N2CCC(N3CCCC[C@H]3C(=O)O)CC2)CC1. The maximum absolute atomic E-state index is 13.9. The van der Waals surface area contributed by atoms with Gasteiger partial charge >= 0.3 is 18.2 Å². The van der Waals surface area contributed by atoms with Gasteiger partial charge in [-0.1, -0.05) is 36.2 Å². The minimum atomic E-state index is -4.78. The molecule has 50 heavy (non-hydrogen) atoms. The van der Waals surface area contributed by atoms with E-state index in [4.69, 9.17) is 27.8 Å². The van der Waals surface area contributed by atoms with E-state index < -0.39 is 47.5 Å². The maximum Gasteiger partial charge on any atom is 0.418 e. The van der Waals surface area contributed by atoms with Gasteiger partial charge in [-0.2, -0.15) is 13.2 Å². The summed E-state index contributed by atoms with van der Waals surface area (Å²) in [7, 11) is 0. The van der Waals surface area contributed by atoms with E-state index in [0.29, 0.717) is 64.8 Å². The molecule has 3 fully saturated rings. The van der Waals surface area contributed by atoms with Gasteiger partial charge in [0, 0.05) is 50.4 Å². The monoisotopic (exact) mass is 722 g/mol. The fourth-order valence-corrected chi connectivity index (χ4v) is 7.57. The number of nitrogens with one attached hydrogen (secondary N) is 1. The Morgan fingerprint density at radius 3 is 2.30 bits per heavy atom. The molecule has 5 rings (SSSR count). The van der Waals surface area contributed by atoms with Crippen LogP contribution in [0.15, 0.2) is 36.4 Å². The molecule has 2 atom stereocenters. The standard InChI is InChI=1S/C35H46ClF3N6O5/c36-27-20-22(19-26(31(27)41)35(37,38)39)21-30(32(46)43-17-11-25(12-18-43)45-14-4-3-7-29(45)33(47)48)50-34(49)44-15-9-24(10-16-44)42-13-8-23-5-1-2-6-28(23)40/h1-2,5-6,19-20,24-25,29-30,42H,3-4,7-18,21,40-41H2,(H,47,48)/t29-,30+/m0/s1. The van der Waals surface area contributed by atoms with E-state index in [-0.39, 0.29) is 29.1 Å². The van der Waals surface area contributed by atoms with Crippen molar-refractivity contribution >= 4 is 40.9 Å². The van der Waals surface area contributed by atoms with E-state index in [1.807, 2.05) is 29.2 Å². The van der Waals surface area contributed by atoms with Crippen molar-refractivity contribution in [2.45, 2.75) is 88.2 Å². The van der Waals surface area contributed by atoms with Crippen LogP contribution in [0.1, 0.15) is 61.6 Å². The van der Waals surface area contributed by atoms with E-state index in [0.717, 1.165) is 43.1 Å². The van der Waals surface area contributed by atoms with Crippen LogP contribution in [0.3, 0.4) is 0 Å². The lowest BCUT2D eigenvalue weighted by atomic mass is 9.94. The van der Waals surface area contributed by atoms with Gasteiger partial charge in [0.2, 0.25) is 0 Å². The molecule has 3 aliphatic heterocycles. The Hall–Kier alpha value is -3.75. The summed E-state index contributed by atoms with van der Waals surface area (Å²) in [6, 6.07) is 9.36. The van der Waals surface area contributed by atoms with Crippen molar-refractivity contribution in [2.24, 2.45) is 0 Å². The molecule has 0 radical (unpaired) electrons. The highest BCUT2D eigenvalue weighted by Gasteiger charge is 2.39. The van der Waals surface area contributed by atoms with Gasteiger partial charge in [0.1, 0.15) is 6.04 Å². The molecule has 3 aliphatic rings. The first-order chi connectivity index (χ1) is 23.8. The quantitative estimate of drug-likeness (QED) is 0.253. The lowest BCUT2D eigenvalue weighted by Gasteiger charge is -2.43. The molecule has 2 amide bonds. The highest BCUT2D eigenvalue weighted by atomic mass is 35.5. The van der Waals surface area contributed by atoms with Crippen LogP contribution in [-0.2, 0) is 33.3 Å². The van der Waals surface area contributed by atoms with Crippen molar-refractivity contribution in [2.75, 3.05) is 50.7 Å². The number of carbonyl (C=O) groups is 3. The number of para-hydroxylation sites is 1. The molecule has 6 N–H and O–H groups in total. The van der Waals surface area contributed by atoms with Gasteiger partial charge in [0.15, 0.2) is 6.10 Å². The van der Waals surface area contributed by atoms with Crippen LogP contribution in [0, 0.1) is 0 Å². The Morgan fingerprint density at radius 2 is 1.64 bits per heavy atom. The van der Waals surface area contributed by atoms with Crippen molar-refractivity contribution in [3.8, 4) is 0 Å². The molecule has 0 aromatic heterocycles. The minimum Gasteiger partial charge on any atom is -0.480 e. The van der Waals surface area contributed by atoms with Gasteiger partial charge in [0.25, 0.3) is 5.91 Å². The number of alkyl halides is 3. The van der Waals surface area contributed by atoms with E-state index >= 15 is 0 Å². The van der Waals surface area contributed by atoms with Gasteiger partial charge in [-0.25, -0.2) is 4.79 Å². The first-order valence-electron chi connectivity index (χ1n) is 17.3. The Morgan fingerprint density at radius 1 is 0.960 bits per heavy atom. The van der Waals surface area contributed by atoms with Crippen molar-refractivity contribution in [3.63, 3.8) is 0 Å². The number of anilines is 2. The molecule has 0 spiro atoms. The number of nitrogens with zero attached hydrogens (tertiary/aromatic N) is 3. The summed E-state index contributed by atoms with van der Waals surface area (Å²) in [6.45, 7) is 2.73. The zero-order valence-corrected chi connectivity index (χ0v) is 28.7. The number of carboxylic acids is 1. The number of piperidine rings is 3. The first kappa shape index (κ1) is 37.5. The second-order valence-electron chi connectivity index (χ2n) is 13.4. The van der Waals surface area contributed by atoms with Gasteiger partial charge in [-0.15, -0.1) is 0 Å². The number of rotatable bonds is 10. The Kier molecular flexibility index (Phi) is 12.4. The summed E-state index contributed by atoms with van der Waals surface area (Å²) in [4.78, 5) is 44.3. The van der Waals surface area contributed by atoms with E-state index in [1.54, 1.807) is 4.90 Å². The average molecular weight is 723 g/mol. The summed E-state index contributed by atoms with van der Waals surface area (Å²) < 4.78 is 47.1. The second-order valence-corrected chi connectivity index (χ2v) is 13.8. The molecule has 0 bridgehead atoms. The number of aliphatic carboxylic acids is 1. The highest BCUT2D eigenvalue weighted by molar-refractivity contribution is 6.33. The van der Waals surface area contributed by atoms with Crippen LogP contribution in [0.4, 0.5) is 29.3 Å². The molecule has 274 valence electrons. The first-order valence-corrected chi connectivity index (χ1v) is 17.6. The van der Waals surface area contributed by atoms with Crippen LogP contribution in [0.25, 0.3) is 0 Å². The molecule has 3 heterocycles. The maximum atomic E-state index is 13.9. The molecule has 15 heteroatoms. The molecule has 3 saturated heterocycles. The third-order valence-electron chi connectivity index (χ3n) is 10.1. The molecular weight excluding hydrogens is 677 g/mol. The zero-order chi connectivity index (χ0) is 36.0. The number of carboxylic acid groups (broad SMARTS) is 1. The highest BCUT2D eigenvalue weighted by Crippen LogP contribution is 2.38. The van der Waals surface area contributed by atoms with Crippen LogP contribution < -0.4 is 16.8 Å². The molecule has 2 aromatic carbocycles. The van der Waals surface area contributed by atoms with Crippen molar-refractivity contribution in [1.29, 1.82) is 0 Å². The normalized spacial score (nSPS) is 20.4. The van der Waals surface area contributed by atoms with Crippen LogP contribution in [0.5, 0.6) is 0 Å². The number of ether oxygens (including phenoxy) is 1. The number of carbonyl (C=O) groups excluding carboxylic acids is 2. The Labute approximate surface area is 295 Å². The van der Waals surface area contributed by atoms with E-state index in [1.165, 1.54) is 11.0 Å². The number of nitrogen functional groups attached to an aromatic ring is 2. The van der Waals surface area contributed by atoms with Crippen molar-refractivity contribution < 1.29 is 37.4 Å². The second kappa shape index (κ2) is 16.5. The van der Waals surface area contributed by atoms with Gasteiger partial charge in [0.05, 0.1) is 16.3 Å². The van der Waals surface area contributed by atoms with Gasteiger partial charge < -0.3 is 36.4 Å². The fourth-order valence-electron chi connectivity index (χ4n) is 7.33. The van der Waals surface area contributed by atoms with Gasteiger partial charge in [-0.05, 0) is 87.4 Å². The van der Waals surface area contributed by atoms with Crippen LogP contribution >= 0.6 is 11.6 Å². The molecule has 0 aliphatic carbocycles. The number of likely N-dealkylation sites (tertiary alicyclic amines) is 3. The number of hydrogen-bond donors (Lipinski definition) is 4. The predicted molar refractivity (Wildman–Crippen MR) is 184 cm³/mol. The predicted octanol–water partition coefficient (Wildman–Crippen LogP) is 4.80. The fraction of sp³-hybridized carbons (Fsp3) is 0.571. The van der Waals surface area contributed by atoms with Crippen molar-refractivity contribution in [1.82, 2.24) is 20.0 Å². The number of benzene rings is 2. The van der Waals surface area contributed by atoms with E-state index in [2.05, 4.69) is 5.32 Å². The lowest BCUT2D eigenvalue weighted by Crippen LogP contribution is -2.55. The molecule has 2 aromatic rings. The average Bonchev–Trinajstić information content (AvgIpc) is 3.09. The third-order valence-corrected chi connectivity index (χ3v) is 10.5. The Balaban J connectivity index is 1.23. The van der Waals surface area contributed by atoms with E-state index in [9.17, 15) is 32.7 Å². The molecule has 0 unspecified atom stereocenters.